The molecule has 0 aromatic carbocycles. The van der Waals surface area contributed by atoms with Crippen molar-refractivity contribution in [2.24, 2.45) is 0 Å². The zero-order valence-electron chi connectivity index (χ0n) is 12.4. The van der Waals surface area contributed by atoms with Gasteiger partial charge in [-0.1, -0.05) is 13.3 Å². The van der Waals surface area contributed by atoms with Crippen LogP contribution in [-0.4, -0.2) is 10.5 Å². The zero-order valence-corrected chi connectivity index (χ0v) is 15.6. The molecule has 2 aromatic heterocycles. The molecular formula is C15H21BrN2S2. The maximum Gasteiger partial charge on any atom is 0.133 e. The van der Waals surface area contributed by atoms with E-state index in [0.29, 0.717) is 0 Å². The minimum atomic E-state index is 0.138. The maximum absolute atomic E-state index is 4.85. The van der Waals surface area contributed by atoms with Crippen LogP contribution in [0.3, 0.4) is 0 Å². The molecule has 20 heavy (non-hydrogen) atoms. The van der Waals surface area contributed by atoms with E-state index < -0.39 is 0 Å². The Labute approximate surface area is 137 Å². The van der Waals surface area contributed by atoms with Crippen molar-refractivity contribution in [1.82, 2.24) is 10.3 Å². The molecule has 0 aliphatic rings. The highest BCUT2D eigenvalue weighted by atomic mass is 79.9. The second-order valence-corrected chi connectivity index (χ2v) is 8.78. The van der Waals surface area contributed by atoms with Gasteiger partial charge < -0.3 is 5.32 Å². The number of nitrogens with one attached hydrogen (secondary N) is 1. The van der Waals surface area contributed by atoms with Crippen LogP contribution in [0.1, 0.15) is 44.7 Å². The van der Waals surface area contributed by atoms with Gasteiger partial charge in [0.25, 0.3) is 0 Å². The van der Waals surface area contributed by atoms with Gasteiger partial charge in [-0.3, -0.25) is 0 Å². The van der Waals surface area contributed by atoms with Crippen molar-refractivity contribution in [3.63, 3.8) is 0 Å². The third-order valence-corrected chi connectivity index (χ3v) is 5.78. The number of thiazole rings is 1. The predicted octanol–water partition coefficient (Wildman–Crippen LogP) is 5.47. The van der Waals surface area contributed by atoms with E-state index in [4.69, 9.17) is 4.98 Å². The largest absolute Gasteiger partial charge is 0.307 e. The first-order valence-electron chi connectivity index (χ1n) is 6.87. The van der Waals surface area contributed by atoms with Gasteiger partial charge in [0.1, 0.15) is 5.01 Å². The first kappa shape index (κ1) is 16.1. The van der Waals surface area contributed by atoms with Crippen molar-refractivity contribution in [3.05, 3.63) is 26.5 Å². The highest BCUT2D eigenvalue weighted by Gasteiger charge is 2.16. The lowest BCUT2D eigenvalue weighted by molar-refractivity contribution is 0.425. The molecule has 5 heteroatoms. The molecule has 2 rings (SSSR count). The Bertz CT molecular complexity index is 567. The van der Waals surface area contributed by atoms with Crippen LogP contribution < -0.4 is 5.32 Å². The first-order chi connectivity index (χ1) is 9.39. The van der Waals surface area contributed by atoms with Crippen LogP contribution in [0, 0.1) is 0 Å². The summed E-state index contributed by atoms with van der Waals surface area (Å²) in [7, 11) is 0. The normalized spacial score (nSPS) is 12.1. The van der Waals surface area contributed by atoms with E-state index in [2.05, 4.69) is 60.4 Å². The number of rotatable bonds is 5. The van der Waals surface area contributed by atoms with Crippen LogP contribution >= 0.6 is 38.6 Å². The second-order valence-electron chi connectivity index (χ2n) is 5.87. The van der Waals surface area contributed by atoms with Crippen LogP contribution in [0.4, 0.5) is 0 Å². The summed E-state index contributed by atoms with van der Waals surface area (Å²) in [5.74, 6) is 0. The first-order valence-corrected chi connectivity index (χ1v) is 9.36. The Kier molecular flexibility index (Phi) is 5.40. The van der Waals surface area contributed by atoms with Crippen molar-refractivity contribution in [2.75, 3.05) is 0 Å². The zero-order chi connectivity index (χ0) is 14.8. The molecule has 0 radical (unpaired) electrons. The summed E-state index contributed by atoms with van der Waals surface area (Å²) in [4.78, 5) is 7.48. The van der Waals surface area contributed by atoms with Gasteiger partial charge in [0.2, 0.25) is 0 Å². The minimum absolute atomic E-state index is 0.138. The summed E-state index contributed by atoms with van der Waals surface area (Å²) < 4.78 is 1.14. The lowest BCUT2D eigenvalue weighted by Crippen LogP contribution is -2.35. The molecule has 2 aromatic rings. The molecule has 1 N–H and O–H groups in total. The van der Waals surface area contributed by atoms with Crippen molar-refractivity contribution in [2.45, 2.75) is 52.6 Å². The molecule has 0 aliphatic carbocycles. The third-order valence-electron chi connectivity index (χ3n) is 2.82. The topological polar surface area (TPSA) is 24.9 Å². The van der Waals surface area contributed by atoms with Crippen molar-refractivity contribution < 1.29 is 0 Å². The SMILES string of the molecule is CCCc1nc(-c2cc(Br)cs2)sc1CNC(C)(C)C. The molecule has 0 bridgehead atoms. The van der Waals surface area contributed by atoms with Gasteiger partial charge in [-0.05, 0) is 49.2 Å². The molecule has 0 saturated heterocycles. The fraction of sp³-hybridized carbons (Fsp3) is 0.533. The summed E-state index contributed by atoms with van der Waals surface area (Å²) in [5.41, 5.74) is 1.40. The highest BCUT2D eigenvalue weighted by Crippen LogP contribution is 2.34. The molecule has 2 nitrogen and oxygen atoms in total. The van der Waals surface area contributed by atoms with E-state index in [-0.39, 0.29) is 5.54 Å². The summed E-state index contributed by atoms with van der Waals surface area (Å²) in [6.45, 7) is 9.71. The maximum atomic E-state index is 4.85. The Hall–Kier alpha value is -0.230. The molecule has 0 fully saturated rings. The van der Waals surface area contributed by atoms with E-state index >= 15 is 0 Å². The molecule has 0 aliphatic heterocycles. The van der Waals surface area contributed by atoms with Gasteiger partial charge in [-0.2, -0.15) is 0 Å². The Morgan fingerprint density at radius 2 is 2.10 bits per heavy atom. The number of hydrogen-bond donors (Lipinski definition) is 1. The van der Waals surface area contributed by atoms with Crippen LogP contribution in [0.2, 0.25) is 0 Å². The fourth-order valence-corrected chi connectivity index (χ4v) is 4.37. The number of nitrogens with zero attached hydrogens (tertiary/aromatic N) is 1. The molecule has 0 saturated carbocycles. The summed E-state index contributed by atoms with van der Waals surface area (Å²) >= 11 is 7.09. The van der Waals surface area contributed by atoms with Gasteiger partial charge in [0.05, 0.1) is 10.6 Å². The predicted molar refractivity (Wildman–Crippen MR) is 93.7 cm³/mol. The molecule has 2 heterocycles. The van der Waals surface area contributed by atoms with Crippen LogP contribution in [0.15, 0.2) is 15.9 Å². The van der Waals surface area contributed by atoms with Gasteiger partial charge in [-0.25, -0.2) is 4.98 Å². The van der Waals surface area contributed by atoms with E-state index in [1.807, 2.05) is 11.3 Å². The van der Waals surface area contributed by atoms with E-state index in [1.54, 1.807) is 11.3 Å². The molecular weight excluding hydrogens is 352 g/mol. The number of thiophene rings is 1. The van der Waals surface area contributed by atoms with Crippen molar-refractivity contribution in [3.8, 4) is 9.88 Å². The highest BCUT2D eigenvalue weighted by molar-refractivity contribution is 9.10. The van der Waals surface area contributed by atoms with Gasteiger partial charge in [-0.15, -0.1) is 22.7 Å². The van der Waals surface area contributed by atoms with Gasteiger partial charge >= 0.3 is 0 Å². The van der Waals surface area contributed by atoms with Crippen LogP contribution in [-0.2, 0) is 13.0 Å². The second kappa shape index (κ2) is 6.69. The Morgan fingerprint density at radius 3 is 2.65 bits per heavy atom. The smallest absolute Gasteiger partial charge is 0.133 e. The Morgan fingerprint density at radius 1 is 1.35 bits per heavy atom. The van der Waals surface area contributed by atoms with E-state index in [0.717, 1.165) is 28.9 Å². The lowest BCUT2D eigenvalue weighted by atomic mass is 10.1. The number of hydrogen-bond acceptors (Lipinski definition) is 4. The Balaban J connectivity index is 2.23. The quantitative estimate of drug-likeness (QED) is 0.751. The molecule has 0 spiro atoms. The van der Waals surface area contributed by atoms with E-state index in [1.165, 1.54) is 15.4 Å². The molecule has 110 valence electrons. The fourth-order valence-electron chi connectivity index (χ4n) is 1.83. The van der Waals surface area contributed by atoms with Crippen molar-refractivity contribution in [1.29, 1.82) is 0 Å². The number of aromatic nitrogens is 1. The average Bonchev–Trinajstić information content (AvgIpc) is 2.93. The van der Waals surface area contributed by atoms with Crippen molar-refractivity contribution >= 4 is 38.6 Å². The monoisotopic (exact) mass is 372 g/mol. The van der Waals surface area contributed by atoms with E-state index in [9.17, 15) is 0 Å². The molecule has 0 unspecified atom stereocenters. The van der Waals surface area contributed by atoms with Crippen LogP contribution in [0.25, 0.3) is 9.88 Å². The number of aryl methyl sites for hydroxylation is 1. The lowest BCUT2D eigenvalue weighted by Gasteiger charge is -2.20. The van der Waals surface area contributed by atoms with Gasteiger partial charge in [0.15, 0.2) is 0 Å². The summed E-state index contributed by atoms with van der Waals surface area (Å²) in [6, 6.07) is 2.15. The summed E-state index contributed by atoms with van der Waals surface area (Å²) in [5, 5.41) is 6.83. The van der Waals surface area contributed by atoms with Gasteiger partial charge in [0, 0.05) is 26.8 Å². The standard InChI is InChI=1S/C15H21BrN2S2/c1-5-6-11-13(8-17-15(2,3)4)20-14(18-11)12-7-10(16)9-19-12/h7,9,17H,5-6,8H2,1-4H3. The third kappa shape index (κ3) is 4.38. The molecule has 0 amide bonds. The number of halogens is 1. The molecule has 0 atom stereocenters. The summed E-state index contributed by atoms with van der Waals surface area (Å²) in [6.07, 6.45) is 2.20. The minimum Gasteiger partial charge on any atom is -0.307 e. The van der Waals surface area contributed by atoms with Crippen LogP contribution in [0.5, 0.6) is 0 Å². The average molecular weight is 373 g/mol.